The van der Waals surface area contributed by atoms with Gasteiger partial charge in [0.2, 0.25) is 5.91 Å². The number of rotatable bonds is 4. The molecule has 0 unspecified atom stereocenters. The number of nitrogens with one attached hydrogen (secondary N) is 1. The van der Waals surface area contributed by atoms with Crippen LogP contribution in [0.1, 0.15) is 36.7 Å². The Morgan fingerprint density at radius 1 is 1.30 bits per heavy atom. The van der Waals surface area contributed by atoms with Crippen molar-refractivity contribution in [2.75, 3.05) is 26.7 Å². The van der Waals surface area contributed by atoms with Crippen LogP contribution in [0.25, 0.3) is 0 Å². The number of carbonyl (C=O) groups is 2. The fourth-order valence-corrected chi connectivity index (χ4v) is 2.85. The molecule has 2 rings (SSSR count). The largest absolute Gasteiger partial charge is 0.341 e. The van der Waals surface area contributed by atoms with Crippen LogP contribution in [0.4, 0.5) is 0 Å². The monoisotopic (exact) mass is 317 g/mol. The quantitative estimate of drug-likeness (QED) is 0.920. The van der Waals surface area contributed by atoms with E-state index in [-0.39, 0.29) is 23.8 Å². The lowest BCUT2D eigenvalue weighted by Crippen LogP contribution is -2.52. The Morgan fingerprint density at radius 3 is 2.52 bits per heavy atom. The van der Waals surface area contributed by atoms with Gasteiger partial charge < -0.3 is 15.1 Å². The Morgan fingerprint density at radius 2 is 1.96 bits per heavy atom. The van der Waals surface area contributed by atoms with Gasteiger partial charge in [-0.25, -0.2) is 0 Å². The van der Waals surface area contributed by atoms with Crippen LogP contribution >= 0.6 is 0 Å². The number of benzene rings is 1. The minimum Gasteiger partial charge on any atom is -0.341 e. The molecule has 2 amide bonds. The van der Waals surface area contributed by atoms with Crippen LogP contribution < -0.4 is 5.32 Å². The van der Waals surface area contributed by atoms with Gasteiger partial charge in [0.05, 0.1) is 0 Å². The van der Waals surface area contributed by atoms with Crippen molar-refractivity contribution in [3.8, 4) is 0 Å². The maximum Gasteiger partial charge on any atom is 0.254 e. The van der Waals surface area contributed by atoms with Gasteiger partial charge in [-0.05, 0) is 24.6 Å². The van der Waals surface area contributed by atoms with Crippen molar-refractivity contribution in [3.63, 3.8) is 0 Å². The highest BCUT2D eigenvalue weighted by atomic mass is 16.2. The summed E-state index contributed by atoms with van der Waals surface area (Å²) >= 11 is 0. The second-order valence-corrected chi connectivity index (χ2v) is 6.60. The average molecular weight is 317 g/mol. The van der Waals surface area contributed by atoms with E-state index in [0.29, 0.717) is 12.1 Å². The fraction of sp³-hybridized carbons (Fsp3) is 0.556. The molecule has 1 saturated heterocycles. The molecule has 0 radical (unpaired) electrons. The summed E-state index contributed by atoms with van der Waals surface area (Å²) < 4.78 is 0. The number of carbonyl (C=O) groups excluding carboxylic acids is 2. The van der Waals surface area contributed by atoms with Crippen LogP contribution in [-0.2, 0) is 11.3 Å². The van der Waals surface area contributed by atoms with Gasteiger partial charge in [-0.3, -0.25) is 9.59 Å². The molecule has 23 heavy (non-hydrogen) atoms. The van der Waals surface area contributed by atoms with Gasteiger partial charge in [0.15, 0.2) is 0 Å². The van der Waals surface area contributed by atoms with Crippen molar-refractivity contribution in [1.82, 2.24) is 15.1 Å². The summed E-state index contributed by atoms with van der Waals surface area (Å²) in [7, 11) is 1.81. The Kier molecular flexibility index (Phi) is 5.77. The molecule has 5 nitrogen and oxygen atoms in total. The van der Waals surface area contributed by atoms with Gasteiger partial charge >= 0.3 is 0 Å². The highest BCUT2D eigenvalue weighted by Gasteiger charge is 2.23. The lowest BCUT2D eigenvalue weighted by Gasteiger charge is -2.34. The van der Waals surface area contributed by atoms with Crippen molar-refractivity contribution in [1.29, 1.82) is 0 Å². The van der Waals surface area contributed by atoms with E-state index in [0.717, 1.165) is 25.2 Å². The summed E-state index contributed by atoms with van der Waals surface area (Å²) in [6, 6.07) is 7.81. The molecule has 0 bridgehead atoms. The topological polar surface area (TPSA) is 52.7 Å². The molecule has 1 aromatic carbocycles. The molecule has 1 heterocycles. The third-order valence-corrected chi connectivity index (χ3v) is 4.25. The maximum absolute atomic E-state index is 12.6. The number of piperazine rings is 1. The van der Waals surface area contributed by atoms with Crippen molar-refractivity contribution in [2.45, 2.75) is 33.4 Å². The standard InChI is InChI=1S/C18H27N3O2/c1-13(2)17(22)20(4)12-15-5-7-16(8-6-15)18(23)21-10-9-19-11-14(21)3/h5-8,13-14,19H,9-12H2,1-4H3/t14-/m0/s1. The van der Waals surface area contributed by atoms with Crippen molar-refractivity contribution in [2.24, 2.45) is 5.92 Å². The van der Waals surface area contributed by atoms with E-state index >= 15 is 0 Å². The molecule has 1 aromatic rings. The van der Waals surface area contributed by atoms with Crippen molar-refractivity contribution in [3.05, 3.63) is 35.4 Å². The SMILES string of the molecule is CC(C)C(=O)N(C)Cc1ccc(C(=O)N2CCNC[C@@H]2C)cc1. The first-order valence-electron chi connectivity index (χ1n) is 8.25. The summed E-state index contributed by atoms with van der Waals surface area (Å²) in [5, 5.41) is 3.29. The summed E-state index contributed by atoms with van der Waals surface area (Å²) in [5.74, 6) is 0.201. The van der Waals surface area contributed by atoms with E-state index in [1.807, 2.05) is 50.1 Å². The molecule has 0 aliphatic carbocycles. The van der Waals surface area contributed by atoms with E-state index in [2.05, 4.69) is 12.2 Å². The predicted molar refractivity (Wildman–Crippen MR) is 91.1 cm³/mol. The first kappa shape index (κ1) is 17.5. The minimum atomic E-state index is -0.00458. The van der Waals surface area contributed by atoms with Crippen molar-refractivity contribution >= 4 is 11.8 Å². The number of hydrogen-bond acceptors (Lipinski definition) is 3. The van der Waals surface area contributed by atoms with Crippen LogP contribution in [0.3, 0.4) is 0 Å². The summed E-state index contributed by atoms with van der Waals surface area (Å²) in [4.78, 5) is 28.1. The van der Waals surface area contributed by atoms with Crippen LogP contribution in [0.15, 0.2) is 24.3 Å². The lowest BCUT2D eigenvalue weighted by molar-refractivity contribution is -0.133. The molecule has 0 saturated carbocycles. The second-order valence-electron chi connectivity index (χ2n) is 6.60. The zero-order valence-corrected chi connectivity index (χ0v) is 14.5. The molecule has 1 atom stereocenters. The van der Waals surface area contributed by atoms with Crippen LogP contribution in [-0.4, -0.2) is 54.3 Å². The molecule has 1 aliphatic heterocycles. The molecule has 0 spiro atoms. The molecule has 1 N–H and O–H groups in total. The minimum absolute atomic E-state index is 0.00458. The Balaban J connectivity index is 2.01. The van der Waals surface area contributed by atoms with E-state index < -0.39 is 0 Å². The molecule has 5 heteroatoms. The number of nitrogens with zero attached hydrogens (tertiary/aromatic N) is 2. The fourth-order valence-electron chi connectivity index (χ4n) is 2.85. The summed E-state index contributed by atoms with van der Waals surface area (Å²) in [6.45, 7) is 8.85. The van der Waals surface area contributed by atoms with Gasteiger partial charge in [0.25, 0.3) is 5.91 Å². The molecule has 0 aromatic heterocycles. The zero-order chi connectivity index (χ0) is 17.0. The van der Waals surface area contributed by atoms with Gasteiger partial charge in [-0.1, -0.05) is 26.0 Å². The summed E-state index contributed by atoms with van der Waals surface area (Å²) in [5.41, 5.74) is 1.74. The van der Waals surface area contributed by atoms with Gasteiger partial charge in [-0.2, -0.15) is 0 Å². The average Bonchev–Trinajstić information content (AvgIpc) is 2.54. The van der Waals surface area contributed by atoms with Gasteiger partial charge in [0.1, 0.15) is 0 Å². The predicted octanol–water partition coefficient (Wildman–Crippen LogP) is 1.73. The molecule has 126 valence electrons. The third kappa shape index (κ3) is 4.32. The molecular formula is C18H27N3O2. The van der Waals surface area contributed by atoms with Gasteiger partial charge in [0, 0.05) is 50.7 Å². The van der Waals surface area contributed by atoms with E-state index in [1.165, 1.54) is 0 Å². The maximum atomic E-state index is 12.6. The highest BCUT2D eigenvalue weighted by molar-refractivity contribution is 5.94. The van der Waals surface area contributed by atoms with Crippen LogP contribution in [0, 0.1) is 5.92 Å². The van der Waals surface area contributed by atoms with E-state index in [9.17, 15) is 9.59 Å². The van der Waals surface area contributed by atoms with Crippen LogP contribution in [0.2, 0.25) is 0 Å². The smallest absolute Gasteiger partial charge is 0.254 e. The molecule has 1 fully saturated rings. The first-order chi connectivity index (χ1) is 10.9. The van der Waals surface area contributed by atoms with Gasteiger partial charge in [-0.15, -0.1) is 0 Å². The summed E-state index contributed by atoms with van der Waals surface area (Å²) in [6.07, 6.45) is 0. The number of hydrogen-bond donors (Lipinski definition) is 1. The van der Waals surface area contributed by atoms with E-state index in [1.54, 1.807) is 4.90 Å². The Hall–Kier alpha value is -1.88. The molecular weight excluding hydrogens is 290 g/mol. The Bertz CT molecular complexity index is 554. The van der Waals surface area contributed by atoms with Crippen LogP contribution in [0.5, 0.6) is 0 Å². The zero-order valence-electron chi connectivity index (χ0n) is 14.5. The molecule has 1 aliphatic rings. The first-order valence-corrected chi connectivity index (χ1v) is 8.25. The van der Waals surface area contributed by atoms with E-state index in [4.69, 9.17) is 0 Å². The Labute approximate surface area is 138 Å². The highest BCUT2D eigenvalue weighted by Crippen LogP contribution is 2.13. The number of amides is 2. The normalized spacial score (nSPS) is 18.1. The lowest BCUT2D eigenvalue weighted by atomic mass is 10.1. The third-order valence-electron chi connectivity index (χ3n) is 4.25. The second kappa shape index (κ2) is 7.59. The van der Waals surface area contributed by atoms with Crippen molar-refractivity contribution < 1.29 is 9.59 Å².